The van der Waals surface area contributed by atoms with E-state index in [0.29, 0.717) is 6.42 Å². The number of aliphatic hydroxyl groups is 1. The lowest BCUT2D eigenvalue weighted by atomic mass is 9.88. The summed E-state index contributed by atoms with van der Waals surface area (Å²) in [6.45, 7) is 0.327. The maximum Gasteiger partial charge on any atom is 0.328 e. The first kappa shape index (κ1) is 21.7. The summed E-state index contributed by atoms with van der Waals surface area (Å²) in [5.41, 5.74) is 4.43. The van der Waals surface area contributed by atoms with Gasteiger partial charge < -0.3 is 15.6 Å². The van der Waals surface area contributed by atoms with Crippen LogP contribution >= 0.6 is 0 Å². The van der Waals surface area contributed by atoms with Gasteiger partial charge >= 0.3 is 5.69 Å². The van der Waals surface area contributed by atoms with Crippen molar-refractivity contribution in [1.82, 2.24) is 14.5 Å². The minimum atomic E-state index is -3.19. The molecule has 176 valence electrons. The lowest BCUT2D eigenvalue weighted by molar-refractivity contribution is -0.132. The van der Waals surface area contributed by atoms with Crippen LogP contribution in [0.5, 0.6) is 0 Å². The molecule has 1 aromatic rings. The number of aromatic amines is 1. The van der Waals surface area contributed by atoms with E-state index in [1.54, 1.807) is 4.90 Å². The minimum absolute atomic E-state index is 0.0405. The van der Waals surface area contributed by atoms with E-state index < -0.39 is 47.2 Å². The molecular formula is C21H27F3N4O4. The summed E-state index contributed by atoms with van der Waals surface area (Å²) in [6, 6.07) is -1.21. The van der Waals surface area contributed by atoms with Crippen LogP contribution in [-0.2, 0) is 4.74 Å². The summed E-state index contributed by atoms with van der Waals surface area (Å²) >= 11 is 0. The monoisotopic (exact) mass is 456 g/mol. The molecule has 1 aliphatic heterocycles. The molecule has 1 aromatic heterocycles. The predicted octanol–water partition coefficient (Wildman–Crippen LogP) is 1.27. The Morgan fingerprint density at radius 2 is 1.94 bits per heavy atom. The third-order valence-corrected chi connectivity index (χ3v) is 7.53. The fourth-order valence-electron chi connectivity index (χ4n) is 5.84. The average Bonchev–Trinajstić information content (AvgIpc) is 3.49. The minimum Gasteiger partial charge on any atom is -0.396 e. The maximum absolute atomic E-state index is 15.6. The molecule has 0 spiro atoms. The van der Waals surface area contributed by atoms with Crippen molar-refractivity contribution in [3.63, 3.8) is 0 Å². The molecule has 2 saturated carbocycles. The Labute approximate surface area is 181 Å². The van der Waals surface area contributed by atoms with Crippen molar-refractivity contribution in [2.45, 2.75) is 62.3 Å². The van der Waals surface area contributed by atoms with Gasteiger partial charge in [0, 0.05) is 38.6 Å². The highest BCUT2D eigenvalue weighted by Gasteiger charge is 2.54. The largest absolute Gasteiger partial charge is 0.396 e. The zero-order valence-corrected chi connectivity index (χ0v) is 17.7. The van der Waals surface area contributed by atoms with Crippen LogP contribution in [0, 0.1) is 11.8 Å². The van der Waals surface area contributed by atoms with E-state index in [1.165, 1.54) is 11.7 Å². The number of H-pyrrole nitrogens is 1. The fourth-order valence-corrected chi connectivity index (χ4v) is 5.84. The van der Waals surface area contributed by atoms with Gasteiger partial charge in [0.05, 0.1) is 23.0 Å². The van der Waals surface area contributed by atoms with Crippen molar-refractivity contribution in [1.29, 1.82) is 0 Å². The number of rotatable bonds is 3. The van der Waals surface area contributed by atoms with E-state index >= 15 is 4.39 Å². The number of hydrogen-bond donors (Lipinski definition) is 3. The quantitative estimate of drug-likeness (QED) is 0.631. The number of methoxy groups -OCH3 is 1. The molecule has 3 fully saturated rings. The van der Waals surface area contributed by atoms with Gasteiger partial charge in [-0.15, -0.1) is 0 Å². The van der Waals surface area contributed by atoms with Crippen LogP contribution in [0.3, 0.4) is 0 Å². The van der Waals surface area contributed by atoms with Crippen molar-refractivity contribution < 1.29 is 23.0 Å². The normalized spacial score (nSPS) is 34.8. The number of nitrogens with zero attached hydrogens (tertiary/aromatic N) is 2. The lowest BCUT2D eigenvalue weighted by Crippen LogP contribution is -2.48. The second-order valence-corrected chi connectivity index (χ2v) is 9.46. The van der Waals surface area contributed by atoms with E-state index in [1.807, 2.05) is 0 Å². The van der Waals surface area contributed by atoms with E-state index in [9.17, 15) is 23.5 Å². The molecule has 5 rings (SSSR count). The summed E-state index contributed by atoms with van der Waals surface area (Å²) < 4.78 is 51.3. The van der Waals surface area contributed by atoms with Gasteiger partial charge in [-0.05, 0) is 31.6 Å². The number of halogens is 3. The van der Waals surface area contributed by atoms with Gasteiger partial charge in [-0.2, -0.15) is 0 Å². The maximum atomic E-state index is 15.6. The molecule has 32 heavy (non-hydrogen) atoms. The molecule has 4 N–H and O–H groups in total. The number of aliphatic hydroxyl groups excluding tert-OH is 1. The lowest BCUT2D eigenvalue weighted by Gasteiger charge is -2.38. The Morgan fingerprint density at radius 3 is 2.59 bits per heavy atom. The van der Waals surface area contributed by atoms with Gasteiger partial charge in [0.2, 0.25) is 0 Å². The Balaban J connectivity index is 1.58. The van der Waals surface area contributed by atoms with Crippen LogP contribution in [0.2, 0.25) is 0 Å². The number of aromatic nitrogens is 2. The highest BCUT2D eigenvalue weighted by atomic mass is 19.3. The van der Waals surface area contributed by atoms with E-state index in [0.717, 1.165) is 12.8 Å². The Hall–Kier alpha value is -2.11. The van der Waals surface area contributed by atoms with Crippen LogP contribution in [0.25, 0.3) is 5.70 Å². The predicted molar refractivity (Wildman–Crippen MR) is 109 cm³/mol. The van der Waals surface area contributed by atoms with E-state index in [2.05, 4.69) is 4.98 Å². The number of nitrogens with one attached hydrogen (secondary N) is 1. The highest BCUT2D eigenvalue weighted by molar-refractivity contribution is 5.70. The van der Waals surface area contributed by atoms with Crippen LogP contribution in [0.15, 0.2) is 15.4 Å². The molecule has 1 saturated heterocycles. The van der Waals surface area contributed by atoms with Crippen molar-refractivity contribution in [3.8, 4) is 0 Å². The SMILES string of the molecule is COC1c2c(c(=O)[nH]c(=O)n2C2CC2)C(N)=C(F)C1N1CC2CCCC(F)(F)C(O)C2C1. The number of alkyl halides is 2. The average molecular weight is 456 g/mol. The van der Waals surface area contributed by atoms with Gasteiger partial charge in [0.1, 0.15) is 18.0 Å². The van der Waals surface area contributed by atoms with Gasteiger partial charge in [-0.3, -0.25) is 19.2 Å². The Morgan fingerprint density at radius 1 is 1.22 bits per heavy atom. The van der Waals surface area contributed by atoms with E-state index in [-0.39, 0.29) is 54.8 Å². The summed E-state index contributed by atoms with van der Waals surface area (Å²) in [5, 5.41) is 10.4. The molecule has 3 aliphatic carbocycles. The zero-order valence-electron chi connectivity index (χ0n) is 17.7. The van der Waals surface area contributed by atoms with Crippen molar-refractivity contribution in [2.24, 2.45) is 17.6 Å². The summed E-state index contributed by atoms with van der Waals surface area (Å²) in [7, 11) is 1.36. The summed E-state index contributed by atoms with van der Waals surface area (Å²) in [6.07, 6.45) is -0.946. The van der Waals surface area contributed by atoms with Crippen molar-refractivity contribution in [2.75, 3.05) is 20.2 Å². The van der Waals surface area contributed by atoms with Crippen LogP contribution in [0.1, 0.15) is 55.5 Å². The molecule has 4 aliphatic rings. The summed E-state index contributed by atoms with van der Waals surface area (Å²) in [4.78, 5) is 29.0. The Bertz CT molecular complexity index is 1080. The first-order chi connectivity index (χ1) is 15.2. The van der Waals surface area contributed by atoms with E-state index in [4.69, 9.17) is 10.5 Å². The molecule has 0 radical (unpaired) electrons. The van der Waals surface area contributed by atoms with Gasteiger partial charge in [0.15, 0.2) is 0 Å². The molecule has 5 atom stereocenters. The number of nitrogens with two attached hydrogens (primary N) is 1. The zero-order chi connectivity index (χ0) is 22.9. The molecule has 0 aromatic carbocycles. The van der Waals surface area contributed by atoms with Crippen LogP contribution in [-0.4, -0.2) is 57.8 Å². The molecule has 8 nitrogen and oxygen atoms in total. The summed E-state index contributed by atoms with van der Waals surface area (Å²) in [5.74, 6) is -4.92. The van der Waals surface area contributed by atoms with Crippen LogP contribution < -0.4 is 17.0 Å². The van der Waals surface area contributed by atoms with Crippen molar-refractivity contribution in [3.05, 3.63) is 37.9 Å². The van der Waals surface area contributed by atoms with Gasteiger partial charge in [-0.1, -0.05) is 0 Å². The first-order valence-corrected chi connectivity index (χ1v) is 11.0. The Kier molecular flexibility index (Phi) is 5.06. The number of fused-ring (bicyclic) bond motifs is 2. The number of hydrogen-bond acceptors (Lipinski definition) is 6. The first-order valence-electron chi connectivity index (χ1n) is 11.0. The molecule has 0 bridgehead atoms. The second-order valence-electron chi connectivity index (χ2n) is 9.46. The van der Waals surface area contributed by atoms with Gasteiger partial charge in [0.25, 0.3) is 11.5 Å². The fraction of sp³-hybridized carbons (Fsp3) is 0.714. The smallest absolute Gasteiger partial charge is 0.328 e. The molecule has 11 heteroatoms. The van der Waals surface area contributed by atoms with Crippen molar-refractivity contribution >= 4 is 5.70 Å². The molecule has 0 amide bonds. The third-order valence-electron chi connectivity index (χ3n) is 7.53. The third kappa shape index (κ3) is 3.16. The molecular weight excluding hydrogens is 429 g/mol. The molecule has 2 heterocycles. The number of likely N-dealkylation sites (tertiary alicyclic amines) is 1. The second kappa shape index (κ2) is 7.46. The highest BCUT2D eigenvalue weighted by Crippen LogP contribution is 2.47. The number of ether oxygens (including phenoxy) is 1. The standard InChI is InChI=1S/C21H27F3N4O4/c1-32-17-15-12(19(30)26-20(31)28(15)10-4-5-10)14(25)13(22)16(17)27-7-9-3-2-6-21(23,24)18(29)11(9)8-27/h9-11,16-18,29H,2-8,25H2,1H3,(H,26,30,31). The molecule has 5 unspecified atom stereocenters. The van der Waals surface area contributed by atoms with Gasteiger partial charge in [-0.25, -0.2) is 18.0 Å². The van der Waals surface area contributed by atoms with Crippen LogP contribution in [0.4, 0.5) is 13.2 Å². The topological polar surface area (TPSA) is 114 Å².